The summed E-state index contributed by atoms with van der Waals surface area (Å²) in [5.41, 5.74) is 2.82. The molecule has 1 unspecified atom stereocenters. The average molecular weight is 192 g/mol. The van der Waals surface area contributed by atoms with Crippen molar-refractivity contribution in [2.45, 2.75) is 53.4 Å². The van der Waals surface area contributed by atoms with Gasteiger partial charge >= 0.3 is 0 Å². The normalized spacial score (nSPS) is 11.5. The summed E-state index contributed by atoms with van der Waals surface area (Å²) in [4.78, 5) is 0. The third-order valence-electron chi connectivity index (χ3n) is 2.37. The van der Waals surface area contributed by atoms with Crippen LogP contribution in [0, 0.1) is 6.92 Å². The first-order valence-corrected chi connectivity index (χ1v) is 5.80. The molecule has 0 bridgehead atoms. The summed E-state index contributed by atoms with van der Waals surface area (Å²) in [5, 5.41) is 0. The summed E-state index contributed by atoms with van der Waals surface area (Å²) in [6.45, 7) is 10.7. The summed E-state index contributed by atoms with van der Waals surface area (Å²) in [7, 11) is 0. The van der Waals surface area contributed by atoms with E-state index in [-0.39, 0.29) is 0 Å². The molecule has 0 aliphatic rings. The molecule has 0 heterocycles. The Hall–Kier alpha value is -0.780. The van der Waals surface area contributed by atoms with E-state index in [4.69, 9.17) is 0 Å². The van der Waals surface area contributed by atoms with Crippen LogP contribution >= 0.6 is 0 Å². The number of aryl methyl sites for hydroxylation is 1. The first-order valence-electron chi connectivity index (χ1n) is 5.80. The van der Waals surface area contributed by atoms with Crippen LogP contribution in [-0.4, -0.2) is 0 Å². The Balaban J connectivity index is 0.000000791. The maximum Gasteiger partial charge on any atom is -0.0190 e. The van der Waals surface area contributed by atoms with Gasteiger partial charge in [0.25, 0.3) is 0 Å². The van der Waals surface area contributed by atoms with E-state index < -0.39 is 0 Å². The first-order chi connectivity index (χ1) is 6.74. The van der Waals surface area contributed by atoms with Gasteiger partial charge in [0.1, 0.15) is 0 Å². The molecule has 1 aromatic rings. The fourth-order valence-corrected chi connectivity index (χ4v) is 1.49. The highest BCUT2D eigenvalue weighted by atomic mass is 14.1. The highest BCUT2D eigenvalue weighted by molar-refractivity contribution is 5.23. The Kier molecular flexibility index (Phi) is 7.18. The SMILES string of the molecule is CC.CCCC(C)c1ccc(C)cc1. The monoisotopic (exact) mass is 192 g/mol. The van der Waals surface area contributed by atoms with Crippen LogP contribution < -0.4 is 0 Å². The van der Waals surface area contributed by atoms with E-state index in [0.29, 0.717) is 0 Å². The number of hydrogen-bond donors (Lipinski definition) is 0. The van der Waals surface area contributed by atoms with Gasteiger partial charge in [-0.05, 0) is 24.8 Å². The van der Waals surface area contributed by atoms with Gasteiger partial charge in [0.2, 0.25) is 0 Å². The van der Waals surface area contributed by atoms with Gasteiger partial charge in [-0.1, -0.05) is 63.9 Å². The maximum absolute atomic E-state index is 2.30. The Labute approximate surface area is 89.4 Å². The number of rotatable bonds is 3. The molecule has 80 valence electrons. The molecule has 1 rings (SSSR count). The van der Waals surface area contributed by atoms with E-state index in [1.54, 1.807) is 0 Å². The van der Waals surface area contributed by atoms with E-state index >= 15 is 0 Å². The molecule has 0 aliphatic heterocycles. The van der Waals surface area contributed by atoms with Gasteiger partial charge in [-0.15, -0.1) is 0 Å². The molecular formula is C14H24. The molecule has 0 N–H and O–H groups in total. The molecule has 0 fully saturated rings. The summed E-state index contributed by atoms with van der Waals surface area (Å²) in [5.74, 6) is 0.718. The van der Waals surface area contributed by atoms with Gasteiger partial charge in [0.15, 0.2) is 0 Å². The quantitative estimate of drug-likeness (QED) is 0.637. The van der Waals surface area contributed by atoms with Gasteiger partial charge in [-0.25, -0.2) is 0 Å². The molecule has 1 aromatic carbocycles. The van der Waals surface area contributed by atoms with E-state index in [1.807, 2.05) is 13.8 Å². The third-order valence-corrected chi connectivity index (χ3v) is 2.37. The smallest absolute Gasteiger partial charge is 0.0190 e. The second kappa shape index (κ2) is 7.61. The lowest BCUT2D eigenvalue weighted by Crippen LogP contribution is -1.92. The van der Waals surface area contributed by atoms with Crippen LogP contribution in [-0.2, 0) is 0 Å². The molecule has 0 aliphatic carbocycles. The maximum atomic E-state index is 2.30. The van der Waals surface area contributed by atoms with Crippen molar-refractivity contribution in [1.82, 2.24) is 0 Å². The van der Waals surface area contributed by atoms with Crippen LogP contribution in [0.2, 0.25) is 0 Å². The second-order valence-electron chi connectivity index (χ2n) is 3.60. The van der Waals surface area contributed by atoms with Gasteiger partial charge in [0, 0.05) is 0 Å². The Morgan fingerprint density at radius 2 is 1.57 bits per heavy atom. The largest absolute Gasteiger partial charge is 0.0683 e. The van der Waals surface area contributed by atoms with Gasteiger partial charge in [-0.2, -0.15) is 0 Å². The van der Waals surface area contributed by atoms with Crippen LogP contribution in [0.3, 0.4) is 0 Å². The van der Waals surface area contributed by atoms with Crippen molar-refractivity contribution < 1.29 is 0 Å². The van der Waals surface area contributed by atoms with E-state index in [1.165, 1.54) is 24.0 Å². The predicted octanol–water partition coefficient (Wildman–Crippen LogP) is 4.92. The summed E-state index contributed by atoms with van der Waals surface area (Å²) in [6, 6.07) is 8.88. The molecule has 0 amide bonds. The van der Waals surface area contributed by atoms with Crippen molar-refractivity contribution in [1.29, 1.82) is 0 Å². The van der Waals surface area contributed by atoms with Gasteiger partial charge in [-0.3, -0.25) is 0 Å². The molecule has 0 saturated heterocycles. The van der Waals surface area contributed by atoms with Gasteiger partial charge in [0.05, 0.1) is 0 Å². The summed E-state index contributed by atoms with van der Waals surface area (Å²) >= 11 is 0. The molecule has 1 atom stereocenters. The highest BCUT2D eigenvalue weighted by Gasteiger charge is 2.02. The highest BCUT2D eigenvalue weighted by Crippen LogP contribution is 2.20. The van der Waals surface area contributed by atoms with Crippen molar-refractivity contribution in [3.05, 3.63) is 35.4 Å². The average Bonchev–Trinajstić information content (AvgIpc) is 2.22. The zero-order valence-electron chi connectivity index (χ0n) is 10.3. The fraction of sp³-hybridized carbons (Fsp3) is 0.571. The van der Waals surface area contributed by atoms with Crippen LogP contribution in [0.25, 0.3) is 0 Å². The van der Waals surface area contributed by atoms with Crippen molar-refractivity contribution in [2.75, 3.05) is 0 Å². The predicted molar refractivity (Wildman–Crippen MR) is 65.9 cm³/mol. The van der Waals surface area contributed by atoms with Crippen LogP contribution in [0.4, 0.5) is 0 Å². The van der Waals surface area contributed by atoms with Crippen LogP contribution in [0.5, 0.6) is 0 Å². The number of hydrogen-bond acceptors (Lipinski definition) is 0. The summed E-state index contributed by atoms with van der Waals surface area (Å²) in [6.07, 6.45) is 2.57. The van der Waals surface area contributed by atoms with Crippen molar-refractivity contribution in [3.63, 3.8) is 0 Å². The molecule has 14 heavy (non-hydrogen) atoms. The first kappa shape index (κ1) is 13.2. The van der Waals surface area contributed by atoms with Crippen LogP contribution in [0.1, 0.15) is 57.6 Å². The molecule has 0 nitrogen and oxygen atoms in total. The second-order valence-corrected chi connectivity index (χ2v) is 3.60. The van der Waals surface area contributed by atoms with Crippen molar-refractivity contribution in [3.8, 4) is 0 Å². The molecule has 0 heteroatoms. The fourth-order valence-electron chi connectivity index (χ4n) is 1.49. The minimum absolute atomic E-state index is 0.718. The molecule has 0 spiro atoms. The standard InChI is InChI=1S/C12H18.C2H6/c1-4-5-11(3)12-8-6-10(2)7-9-12;1-2/h6-9,11H,4-5H2,1-3H3;1-2H3. The van der Waals surface area contributed by atoms with Crippen molar-refractivity contribution in [2.24, 2.45) is 0 Å². The molecule has 0 radical (unpaired) electrons. The van der Waals surface area contributed by atoms with E-state index in [0.717, 1.165) is 5.92 Å². The Bertz CT molecular complexity index is 220. The summed E-state index contributed by atoms with van der Waals surface area (Å²) < 4.78 is 0. The van der Waals surface area contributed by atoms with E-state index in [9.17, 15) is 0 Å². The lowest BCUT2D eigenvalue weighted by atomic mass is 9.96. The molecular weight excluding hydrogens is 168 g/mol. The Morgan fingerprint density at radius 1 is 1.07 bits per heavy atom. The lowest BCUT2D eigenvalue weighted by Gasteiger charge is -2.09. The van der Waals surface area contributed by atoms with Gasteiger partial charge < -0.3 is 0 Å². The zero-order chi connectivity index (χ0) is 11.0. The topological polar surface area (TPSA) is 0 Å². The molecule has 0 saturated carbocycles. The minimum atomic E-state index is 0.718. The number of benzene rings is 1. The van der Waals surface area contributed by atoms with Crippen molar-refractivity contribution >= 4 is 0 Å². The third kappa shape index (κ3) is 4.45. The molecule has 0 aromatic heterocycles. The van der Waals surface area contributed by atoms with Crippen LogP contribution in [0.15, 0.2) is 24.3 Å². The minimum Gasteiger partial charge on any atom is -0.0683 e. The zero-order valence-corrected chi connectivity index (χ0v) is 10.3. The lowest BCUT2D eigenvalue weighted by molar-refractivity contribution is 0.665. The van der Waals surface area contributed by atoms with E-state index in [2.05, 4.69) is 45.0 Å². The Morgan fingerprint density at radius 3 is 2.00 bits per heavy atom.